The molecule has 2 heterocycles. The molecule has 5 rings (SSSR count). The van der Waals surface area contributed by atoms with Crippen molar-refractivity contribution in [1.82, 2.24) is 14.7 Å². The molecule has 0 radical (unpaired) electrons. The van der Waals surface area contributed by atoms with Crippen molar-refractivity contribution in [2.24, 2.45) is 0 Å². The summed E-state index contributed by atoms with van der Waals surface area (Å²) >= 11 is 6.05. The number of benzene rings is 3. The number of aliphatic hydroxyl groups excluding tert-OH is 1. The molecule has 0 aromatic heterocycles. The standard InChI is InChI=1S/C28H30ClN3O4/c1-19-16-22(8-9-25(19)29)36-18-21(33)17-31-12-10-30(11-13-31)14-15-32-27(34)23-6-2-4-20-5-3-7-24(26(20)23)28(32)35/h2-9,16,21,33H,10-15,17-18H2,1H3/t21-/m0/s1. The van der Waals surface area contributed by atoms with Gasteiger partial charge in [0.15, 0.2) is 0 Å². The summed E-state index contributed by atoms with van der Waals surface area (Å²) in [4.78, 5) is 32.0. The average Bonchev–Trinajstić information content (AvgIpc) is 2.88. The number of hydrogen-bond donors (Lipinski definition) is 1. The van der Waals surface area contributed by atoms with Crippen molar-refractivity contribution in [2.45, 2.75) is 13.0 Å². The number of β-amino-alcohol motifs (C(OH)–C–C–N with tert-alkyl or cyclic N) is 1. The van der Waals surface area contributed by atoms with E-state index in [4.69, 9.17) is 16.3 Å². The molecule has 3 aromatic rings. The minimum Gasteiger partial charge on any atom is -0.491 e. The van der Waals surface area contributed by atoms with Gasteiger partial charge in [-0.15, -0.1) is 0 Å². The smallest absolute Gasteiger partial charge is 0.261 e. The highest BCUT2D eigenvalue weighted by Crippen LogP contribution is 2.30. The second-order valence-electron chi connectivity index (χ2n) is 9.49. The zero-order chi connectivity index (χ0) is 25.2. The first-order valence-electron chi connectivity index (χ1n) is 12.3. The molecule has 0 bridgehead atoms. The van der Waals surface area contributed by atoms with Crippen LogP contribution in [0.5, 0.6) is 5.75 Å². The molecule has 2 amide bonds. The molecule has 0 saturated carbocycles. The van der Waals surface area contributed by atoms with Gasteiger partial charge in [-0.1, -0.05) is 35.9 Å². The molecule has 2 aliphatic rings. The molecule has 1 fully saturated rings. The highest BCUT2D eigenvalue weighted by molar-refractivity contribution is 6.31. The number of ether oxygens (including phenoxy) is 1. The number of hydrogen-bond acceptors (Lipinski definition) is 6. The van der Waals surface area contributed by atoms with E-state index >= 15 is 0 Å². The molecule has 0 spiro atoms. The van der Waals surface area contributed by atoms with Crippen molar-refractivity contribution in [3.8, 4) is 5.75 Å². The van der Waals surface area contributed by atoms with Gasteiger partial charge in [0.2, 0.25) is 0 Å². The Morgan fingerprint density at radius 3 is 2.19 bits per heavy atom. The summed E-state index contributed by atoms with van der Waals surface area (Å²) in [6.45, 7) is 6.89. The Balaban J connectivity index is 1.09. The van der Waals surface area contributed by atoms with Crippen LogP contribution in [-0.4, -0.2) is 90.1 Å². The molecule has 0 unspecified atom stereocenters. The normalized spacial score (nSPS) is 17.6. The summed E-state index contributed by atoms with van der Waals surface area (Å²) in [5.74, 6) is 0.255. The monoisotopic (exact) mass is 507 g/mol. The van der Waals surface area contributed by atoms with Crippen LogP contribution in [0.4, 0.5) is 0 Å². The second kappa shape index (κ2) is 10.6. The predicted molar refractivity (Wildman–Crippen MR) is 140 cm³/mol. The Bertz CT molecular complexity index is 1240. The number of piperazine rings is 1. The van der Waals surface area contributed by atoms with E-state index in [1.165, 1.54) is 4.90 Å². The van der Waals surface area contributed by atoms with Crippen LogP contribution in [0.25, 0.3) is 10.8 Å². The van der Waals surface area contributed by atoms with Crippen molar-refractivity contribution >= 4 is 34.2 Å². The van der Waals surface area contributed by atoms with Crippen molar-refractivity contribution in [3.63, 3.8) is 0 Å². The molecule has 7 nitrogen and oxygen atoms in total. The summed E-state index contributed by atoms with van der Waals surface area (Å²) in [5.41, 5.74) is 2.13. The van der Waals surface area contributed by atoms with Crippen LogP contribution < -0.4 is 4.74 Å². The van der Waals surface area contributed by atoms with Gasteiger partial charge in [0.25, 0.3) is 11.8 Å². The molecule has 1 atom stereocenters. The maximum atomic E-state index is 13.1. The van der Waals surface area contributed by atoms with Crippen LogP contribution in [0.15, 0.2) is 54.6 Å². The fourth-order valence-corrected chi connectivity index (χ4v) is 5.09. The molecular weight excluding hydrogens is 478 g/mol. The summed E-state index contributed by atoms with van der Waals surface area (Å²) in [6, 6.07) is 16.7. The van der Waals surface area contributed by atoms with Gasteiger partial charge < -0.3 is 9.84 Å². The van der Waals surface area contributed by atoms with Crippen LogP contribution in [0.2, 0.25) is 5.02 Å². The SMILES string of the molecule is Cc1cc(OC[C@@H](O)CN2CCN(CCN3C(=O)c4cccc5cccc(c45)C3=O)CC2)ccc1Cl. The molecule has 36 heavy (non-hydrogen) atoms. The molecule has 1 N–H and O–H groups in total. The van der Waals surface area contributed by atoms with E-state index in [9.17, 15) is 14.7 Å². The van der Waals surface area contributed by atoms with Crippen LogP contribution in [0.1, 0.15) is 26.3 Å². The second-order valence-corrected chi connectivity index (χ2v) is 9.90. The molecule has 8 heteroatoms. The summed E-state index contributed by atoms with van der Waals surface area (Å²) in [5, 5.41) is 12.8. The lowest BCUT2D eigenvalue weighted by atomic mass is 9.94. The molecule has 0 aliphatic carbocycles. The Morgan fingerprint density at radius 1 is 0.917 bits per heavy atom. The number of aliphatic hydroxyl groups is 1. The molecular formula is C28H30ClN3O4. The number of aryl methyl sites for hydroxylation is 1. The highest BCUT2D eigenvalue weighted by Gasteiger charge is 2.33. The predicted octanol–water partition coefficient (Wildman–Crippen LogP) is 3.46. The van der Waals surface area contributed by atoms with E-state index in [0.29, 0.717) is 41.5 Å². The van der Waals surface area contributed by atoms with Crippen molar-refractivity contribution in [3.05, 3.63) is 76.3 Å². The van der Waals surface area contributed by atoms with E-state index < -0.39 is 6.10 Å². The van der Waals surface area contributed by atoms with Crippen molar-refractivity contribution < 1.29 is 19.4 Å². The number of imide groups is 1. The van der Waals surface area contributed by atoms with E-state index in [1.807, 2.05) is 37.3 Å². The number of rotatable bonds is 8. The van der Waals surface area contributed by atoms with Gasteiger partial charge in [-0.25, -0.2) is 0 Å². The fraction of sp³-hybridized carbons (Fsp3) is 0.357. The lowest BCUT2D eigenvalue weighted by molar-refractivity contribution is 0.0416. The van der Waals surface area contributed by atoms with Crippen LogP contribution in [-0.2, 0) is 0 Å². The zero-order valence-electron chi connectivity index (χ0n) is 20.3. The number of nitrogens with zero attached hydrogens (tertiary/aromatic N) is 3. The lowest BCUT2D eigenvalue weighted by Gasteiger charge is -2.36. The third-order valence-corrected chi connectivity index (χ3v) is 7.43. The Labute approximate surface area is 215 Å². The lowest BCUT2D eigenvalue weighted by Crippen LogP contribution is -2.51. The van der Waals surface area contributed by atoms with Crippen molar-refractivity contribution in [1.29, 1.82) is 0 Å². The van der Waals surface area contributed by atoms with Gasteiger partial charge in [-0.3, -0.25) is 24.3 Å². The number of amides is 2. The third kappa shape index (κ3) is 5.11. The van der Waals surface area contributed by atoms with Crippen LogP contribution in [0, 0.1) is 6.92 Å². The fourth-order valence-electron chi connectivity index (χ4n) is 4.97. The maximum absolute atomic E-state index is 13.1. The van der Waals surface area contributed by atoms with E-state index in [1.54, 1.807) is 24.3 Å². The molecule has 3 aromatic carbocycles. The van der Waals surface area contributed by atoms with Crippen LogP contribution in [0.3, 0.4) is 0 Å². The maximum Gasteiger partial charge on any atom is 0.261 e. The Kier molecular flexibility index (Phi) is 7.25. The summed E-state index contributed by atoms with van der Waals surface area (Å²) in [7, 11) is 0. The van der Waals surface area contributed by atoms with Gasteiger partial charge in [-0.05, 0) is 48.2 Å². The number of halogens is 1. The molecule has 2 aliphatic heterocycles. The van der Waals surface area contributed by atoms with E-state index in [-0.39, 0.29) is 18.4 Å². The minimum absolute atomic E-state index is 0.217. The van der Waals surface area contributed by atoms with Crippen LogP contribution >= 0.6 is 11.6 Å². The van der Waals surface area contributed by atoms with E-state index in [0.717, 1.165) is 42.5 Å². The quantitative estimate of drug-likeness (QED) is 0.471. The van der Waals surface area contributed by atoms with E-state index in [2.05, 4.69) is 9.80 Å². The average molecular weight is 508 g/mol. The Morgan fingerprint density at radius 2 is 1.56 bits per heavy atom. The van der Waals surface area contributed by atoms with Gasteiger partial charge in [0.05, 0.1) is 0 Å². The first-order chi connectivity index (χ1) is 17.4. The summed E-state index contributed by atoms with van der Waals surface area (Å²) in [6.07, 6.45) is -0.598. The molecule has 1 saturated heterocycles. The highest BCUT2D eigenvalue weighted by atomic mass is 35.5. The topological polar surface area (TPSA) is 73.3 Å². The Hall–Kier alpha value is -2.97. The first kappa shape index (κ1) is 24.7. The zero-order valence-corrected chi connectivity index (χ0v) is 21.1. The van der Waals surface area contributed by atoms with Gasteiger partial charge in [-0.2, -0.15) is 0 Å². The van der Waals surface area contributed by atoms with Gasteiger partial charge in [0, 0.05) is 67.3 Å². The largest absolute Gasteiger partial charge is 0.491 e. The third-order valence-electron chi connectivity index (χ3n) is 7.00. The minimum atomic E-state index is -0.598. The van der Waals surface area contributed by atoms with Gasteiger partial charge in [0.1, 0.15) is 18.5 Å². The van der Waals surface area contributed by atoms with Crippen molar-refractivity contribution in [2.75, 3.05) is 52.4 Å². The van der Waals surface area contributed by atoms with Gasteiger partial charge >= 0.3 is 0 Å². The number of carbonyl (C=O) groups is 2. The molecule has 188 valence electrons. The summed E-state index contributed by atoms with van der Waals surface area (Å²) < 4.78 is 5.72. The number of carbonyl (C=O) groups excluding carboxylic acids is 2. The first-order valence-corrected chi connectivity index (χ1v) is 12.7.